The minimum atomic E-state index is -4.45. The summed E-state index contributed by atoms with van der Waals surface area (Å²) in [7, 11) is 0. The zero-order chi connectivity index (χ0) is 20.7. The Morgan fingerprint density at radius 3 is 2.43 bits per heavy atom. The lowest BCUT2D eigenvalue weighted by Gasteiger charge is -2.30. The first-order chi connectivity index (χ1) is 14.5. The minimum absolute atomic E-state index is 0.0359. The molecule has 5 nitrogen and oxygen atoms in total. The smallest absolute Gasteiger partial charge is 0.369 e. The molecule has 0 spiro atoms. The monoisotopic (exact) mass is 434 g/mol. The van der Waals surface area contributed by atoms with Gasteiger partial charge in [-0.3, -0.25) is 0 Å². The van der Waals surface area contributed by atoms with E-state index in [2.05, 4.69) is 26.3 Å². The van der Waals surface area contributed by atoms with Crippen LogP contribution in [0.2, 0.25) is 0 Å². The van der Waals surface area contributed by atoms with Crippen LogP contribution in [0, 0.1) is 0 Å². The van der Waals surface area contributed by atoms with Crippen LogP contribution in [0.4, 0.5) is 18.9 Å². The largest absolute Gasteiger partial charge is 0.418 e. The molecule has 0 aromatic heterocycles. The second-order valence-corrected chi connectivity index (χ2v) is 8.76. The van der Waals surface area contributed by atoms with Crippen molar-refractivity contribution < 1.29 is 13.2 Å². The lowest BCUT2D eigenvalue weighted by molar-refractivity contribution is -0.136. The van der Waals surface area contributed by atoms with E-state index >= 15 is 0 Å². The van der Waals surface area contributed by atoms with Crippen molar-refractivity contribution in [2.75, 3.05) is 57.3 Å². The number of nitrogens with one attached hydrogen (secondary N) is 2. The number of halogens is 3. The molecule has 30 heavy (non-hydrogen) atoms. The average Bonchev–Trinajstić information content (AvgIpc) is 2.77. The number of aromatic nitrogens is 1. The molecule has 3 heterocycles. The molecule has 0 amide bonds. The molecule has 4 aliphatic rings. The van der Waals surface area contributed by atoms with Gasteiger partial charge in [-0.05, 0) is 18.2 Å². The van der Waals surface area contributed by atoms with Crippen LogP contribution in [-0.2, 0) is 6.18 Å². The van der Waals surface area contributed by atoms with Crippen LogP contribution in [0.5, 0.6) is 0 Å². The molecule has 1 aliphatic carbocycles. The number of anilines is 1. The fraction of sp³-hybridized carbons (Fsp3) is 0.429. The molecule has 0 atom stereocenters. The number of piperazine rings is 2. The number of benzene rings is 2. The molecule has 0 bridgehead atoms. The highest BCUT2D eigenvalue weighted by molar-refractivity contribution is 7.21. The molecule has 0 saturated carbocycles. The molecule has 1 aromatic rings. The third-order valence-electron chi connectivity index (χ3n) is 5.72. The predicted molar refractivity (Wildman–Crippen MR) is 114 cm³/mol. The van der Waals surface area contributed by atoms with E-state index in [-0.39, 0.29) is 5.52 Å². The Labute approximate surface area is 176 Å². The first-order valence-electron chi connectivity index (χ1n) is 10.2. The van der Waals surface area contributed by atoms with Gasteiger partial charge in [-0.2, -0.15) is 13.2 Å². The van der Waals surface area contributed by atoms with Crippen molar-refractivity contribution in [3.63, 3.8) is 0 Å². The summed E-state index contributed by atoms with van der Waals surface area (Å²) in [4.78, 5) is 7.37. The third kappa shape index (κ3) is 3.77. The van der Waals surface area contributed by atoms with Crippen LogP contribution >= 0.6 is 11.3 Å². The maximum Gasteiger partial charge on any atom is 0.418 e. The van der Waals surface area contributed by atoms with Gasteiger partial charge in [-0.1, -0.05) is 0 Å². The number of nitrogens with zero attached hydrogens (tertiary/aromatic N) is 3. The topological polar surface area (TPSA) is 43.2 Å². The molecule has 2 saturated heterocycles. The van der Waals surface area contributed by atoms with E-state index in [4.69, 9.17) is 0 Å². The first kappa shape index (κ1) is 19.7. The van der Waals surface area contributed by atoms with Gasteiger partial charge in [0, 0.05) is 44.0 Å². The van der Waals surface area contributed by atoms with E-state index in [9.17, 15) is 13.2 Å². The third-order valence-corrected chi connectivity index (χ3v) is 6.80. The van der Waals surface area contributed by atoms with Crippen LogP contribution in [0.3, 0.4) is 0 Å². The van der Waals surface area contributed by atoms with E-state index < -0.39 is 11.7 Å². The van der Waals surface area contributed by atoms with Crippen LogP contribution in [0.1, 0.15) is 5.56 Å². The van der Waals surface area contributed by atoms with Crippen molar-refractivity contribution in [3.8, 4) is 10.6 Å². The normalized spacial score (nSPS) is 18.4. The summed E-state index contributed by atoms with van der Waals surface area (Å²) < 4.78 is 44.5. The standard InChI is InChI=1S/C21H23F3N5S/c22-21(23,24)16-11-15(29-9-5-26-6-10-29)13-19-20(16)27-17-2-1-14(12-18(17)30-19)28-7-3-25-4-8-28/h1-2,11-13,25-26H,3-10H2/q+1. The molecule has 158 valence electrons. The van der Waals surface area contributed by atoms with Gasteiger partial charge in [0.2, 0.25) is 5.36 Å². The van der Waals surface area contributed by atoms with Crippen molar-refractivity contribution in [1.82, 2.24) is 20.2 Å². The Bertz CT molecular complexity index is 1110. The minimum Gasteiger partial charge on any atom is -0.369 e. The summed E-state index contributed by atoms with van der Waals surface area (Å²) in [6.07, 6.45) is -4.45. The predicted octanol–water partition coefficient (Wildman–Crippen LogP) is 2.20. The maximum atomic E-state index is 13.9. The van der Waals surface area contributed by atoms with Crippen LogP contribution in [-0.4, -0.2) is 57.3 Å². The highest BCUT2D eigenvalue weighted by Gasteiger charge is 2.35. The summed E-state index contributed by atoms with van der Waals surface area (Å²) >= 11 is 1.39. The Hall–Kier alpha value is -2.23. The molecular formula is C21H23F3N5S+. The fourth-order valence-corrected chi connectivity index (χ4v) is 5.21. The second kappa shape index (κ2) is 7.79. The van der Waals surface area contributed by atoms with Crippen LogP contribution in [0.15, 0.2) is 30.3 Å². The molecule has 0 radical (unpaired) electrons. The Morgan fingerprint density at radius 1 is 0.967 bits per heavy atom. The average molecular weight is 435 g/mol. The van der Waals surface area contributed by atoms with E-state index in [0.717, 1.165) is 49.5 Å². The molecule has 3 aliphatic heterocycles. The van der Waals surface area contributed by atoms with Gasteiger partial charge >= 0.3 is 6.18 Å². The van der Waals surface area contributed by atoms with Crippen molar-refractivity contribution in [2.45, 2.75) is 6.18 Å². The molecule has 0 unspecified atom stereocenters. The zero-order valence-electron chi connectivity index (χ0n) is 16.4. The molecule has 2 fully saturated rings. The van der Waals surface area contributed by atoms with E-state index in [1.54, 1.807) is 0 Å². The molecular weight excluding hydrogens is 411 g/mol. The quantitative estimate of drug-likeness (QED) is 0.455. The number of fused-ring (bicyclic) bond motifs is 2. The SMILES string of the molecule is FC(F)(F)c1cc(N2CCNCC2)cc2sc3cc(=[N+]4CCNCC4)ccc-3nc12. The Morgan fingerprint density at radius 2 is 1.70 bits per heavy atom. The van der Waals surface area contributed by atoms with Gasteiger partial charge in [-0.15, -0.1) is 11.3 Å². The van der Waals surface area contributed by atoms with Gasteiger partial charge in [0.05, 0.1) is 39.4 Å². The van der Waals surface area contributed by atoms with E-state index in [1.807, 2.05) is 23.1 Å². The molecule has 1 aromatic carbocycles. The first-order valence-corrected chi connectivity index (χ1v) is 11.0. The zero-order valence-corrected chi connectivity index (χ0v) is 17.2. The van der Waals surface area contributed by atoms with E-state index in [1.165, 1.54) is 17.4 Å². The van der Waals surface area contributed by atoms with Crippen LogP contribution in [0.25, 0.3) is 20.8 Å². The van der Waals surface area contributed by atoms with E-state index in [0.29, 0.717) is 29.2 Å². The fourth-order valence-electron chi connectivity index (χ4n) is 4.14. The van der Waals surface area contributed by atoms with Crippen molar-refractivity contribution in [1.29, 1.82) is 0 Å². The van der Waals surface area contributed by atoms with Gasteiger partial charge in [-0.25, -0.2) is 9.56 Å². The lowest BCUT2D eigenvalue weighted by Crippen LogP contribution is -2.45. The van der Waals surface area contributed by atoms with Crippen molar-refractivity contribution in [2.24, 2.45) is 0 Å². The highest BCUT2D eigenvalue weighted by atomic mass is 32.1. The number of hydrogen-bond donors (Lipinski definition) is 2. The number of rotatable bonds is 1. The van der Waals surface area contributed by atoms with Gasteiger partial charge < -0.3 is 15.5 Å². The summed E-state index contributed by atoms with van der Waals surface area (Å²) in [6, 6.07) is 8.98. The van der Waals surface area contributed by atoms with Crippen LogP contribution < -0.4 is 25.5 Å². The van der Waals surface area contributed by atoms with Gasteiger partial charge in [0.25, 0.3) is 0 Å². The maximum absolute atomic E-state index is 13.9. The Kier molecular flexibility index (Phi) is 5.12. The number of alkyl halides is 3. The van der Waals surface area contributed by atoms with Crippen molar-refractivity contribution >= 4 is 27.2 Å². The van der Waals surface area contributed by atoms with Gasteiger partial charge in [0.1, 0.15) is 0 Å². The van der Waals surface area contributed by atoms with Gasteiger partial charge in [0.15, 0.2) is 13.1 Å². The highest BCUT2D eigenvalue weighted by Crippen LogP contribution is 2.40. The lowest BCUT2D eigenvalue weighted by atomic mass is 10.1. The Balaban J connectivity index is 1.70. The second-order valence-electron chi connectivity index (χ2n) is 7.68. The summed E-state index contributed by atoms with van der Waals surface area (Å²) in [5, 5.41) is 7.68. The molecule has 5 rings (SSSR count). The summed E-state index contributed by atoms with van der Waals surface area (Å²) in [5.41, 5.74) is 0.602. The molecule has 9 heteroatoms. The summed E-state index contributed by atoms with van der Waals surface area (Å²) in [5.74, 6) is 0. The summed E-state index contributed by atoms with van der Waals surface area (Å²) in [6.45, 7) is 6.63. The molecule has 2 N–H and O–H groups in total. The van der Waals surface area contributed by atoms with Crippen molar-refractivity contribution in [3.05, 3.63) is 41.3 Å². The number of hydrogen-bond acceptors (Lipinski definition) is 5.